The van der Waals surface area contributed by atoms with Crippen molar-refractivity contribution in [3.63, 3.8) is 0 Å². The predicted octanol–water partition coefficient (Wildman–Crippen LogP) is 4.89. The Morgan fingerprint density at radius 3 is 2.57 bits per heavy atom. The number of nitrogens with one attached hydrogen (secondary N) is 1. The zero-order valence-electron chi connectivity index (χ0n) is 17.3. The molecule has 0 saturated heterocycles. The van der Waals surface area contributed by atoms with Crippen LogP contribution >= 0.6 is 0 Å². The monoisotopic (exact) mass is 413 g/mol. The van der Waals surface area contributed by atoms with Crippen LogP contribution in [0.25, 0.3) is 0 Å². The highest BCUT2D eigenvalue weighted by Crippen LogP contribution is 2.36. The molecule has 0 aliphatic heterocycles. The summed E-state index contributed by atoms with van der Waals surface area (Å²) in [6.07, 6.45) is 7.94. The van der Waals surface area contributed by atoms with Gasteiger partial charge in [-0.15, -0.1) is 0 Å². The summed E-state index contributed by atoms with van der Waals surface area (Å²) in [6, 6.07) is 11.7. The van der Waals surface area contributed by atoms with Gasteiger partial charge in [0.05, 0.1) is 12.9 Å². The number of carbonyl (C=O) groups is 2. The lowest BCUT2D eigenvalue weighted by molar-refractivity contribution is -0.137. The molecule has 0 spiro atoms. The van der Waals surface area contributed by atoms with E-state index in [2.05, 4.69) is 5.32 Å². The van der Waals surface area contributed by atoms with E-state index in [1.165, 1.54) is 0 Å². The number of carboxylic acid groups (broad SMARTS) is 1. The quantitative estimate of drug-likeness (QED) is 0.512. The zero-order valence-corrected chi connectivity index (χ0v) is 17.3. The highest BCUT2D eigenvalue weighted by molar-refractivity contribution is 5.78. The first-order valence-corrected chi connectivity index (χ1v) is 10.9. The highest BCUT2D eigenvalue weighted by atomic mass is 16.5. The van der Waals surface area contributed by atoms with Gasteiger partial charge in [0.15, 0.2) is 0 Å². The van der Waals surface area contributed by atoms with Crippen LogP contribution in [0.5, 0.6) is 5.75 Å². The molecule has 162 valence electrons. The Morgan fingerprint density at radius 1 is 1.03 bits per heavy atom. The van der Waals surface area contributed by atoms with Gasteiger partial charge < -0.3 is 19.6 Å². The Labute approximate surface area is 177 Å². The Bertz CT molecular complexity index is 794. The summed E-state index contributed by atoms with van der Waals surface area (Å²) in [5.41, 5.74) is 0.959. The molecule has 0 bridgehead atoms. The van der Waals surface area contributed by atoms with E-state index in [1.807, 2.05) is 36.4 Å². The minimum absolute atomic E-state index is 0.0542. The molecule has 30 heavy (non-hydrogen) atoms. The number of furan rings is 1. The topological polar surface area (TPSA) is 88.8 Å². The van der Waals surface area contributed by atoms with Gasteiger partial charge >= 0.3 is 5.97 Å². The number of aliphatic carboxylic acids is 1. The van der Waals surface area contributed by atoms with Gasteiger partial charge in [0.25, 0.3) is 0 Å². The fourth-order valence-electron chi connectivity index (χ4n) is 4.02. The van der Waals surface area contributed by atoms with E-state index < -0.39 is 5.97 Å². The molecule has 1 amide bonds. The van der Waals surface area contributed by atoms with Crippen molar-refractivity contribution in [2.45, 2.75) is 63.8 Å². The average molecular weight is 414 g/mol. The van der Waals surface area contributed by atoms with Gasteiger partial charge in [0.2, 0.25) is 5.91 Å². The molecule has 0 unspecified atom stereocenters. The smallest absolute Gasteiger partial charge is 0.303 e. The van der Waals surface area contributed by atoms with Crippen LogP contribution in [0.1, 0.15) is 68.6 Å². The number of unbranched alkanes of at least 4 members (excludes halogenated alkanes) is 2. The molecule has 2 N–H and O–H groups in total. The number of hydrogen-bond donors (Lipinski definition) is 2. The normalized spacial score (nSPS) is 18.7. The molecule has 1 heterocycles. The van der Waals surface area contributed by atoms with E-state index in [-0.39, 0.29) is 18.2 Å². The van der Waals surface area contributed by atoms with E-state index in [0.29, 0.717) is 25.5 Å². The van der Waals surface area contributed by atoms with E-state index in [0.717, 1.165) is 55.6 Å². The fourth-order valence-corrected chi connectivity index (χ4v) is 4.02. The predicted molar refractivity (Wildman–Crippen MR) is 113 cm³/mol. The molecule has 0 radical (unpaired) electrons. The van der Waals surface area contributed by atoms with Crippen molar-refractivity contribution in [2.24, 2.45) is 5.92 Å². The van der Waals surface area contributed by atoms with Gasteiger partial charge in [0.1, 0.15) is 11.5 Å². The molecule has 1 aromatic carbocycles. The van der Waals surface area contributed by atoms with Gasteiger partial charge in [-0.05, 0) is 63.1 Å². The number of benzene rings is 1. The maximum Gasteiger partial charge on any atom is 0.303 e. The van der Waals surface area contributed by atoms with Gasteiger partial charge in [-0.25, -0.2) is 0 Å². The minimum atomic E-state index is -0.758. The number of ether oxygens (including phenoxy) is 1. The number of amides is 1. The molecular formula is C24H31NO5. The maximum atomic E-state index is 12.6. The number of hydrogen-bond acceptors (Lipinski definition) is 4. The summed E-state index contributed by atoms with van der Waals surface area (Å²) >= 11 is 0. The molecule has 2 aromatic rings. The summed E-state index contributed by atoms with van der Waals surface area (Å²) in [4.78, 5) is 23.2. The van der Waals surface area contributed by atoms with Gasteiger partial charge in [-0.2, -0.15) is 0 Å². The molecule has 1 aliphatic rings. The Morgan fingerprint density at radius 2 is 1.83 bits per heavy atom. The number of carbonyl (C=O) groups excluding carboxylic acids is 1. The van der Waals surface area contributed by atoms with Crippen molar-refractivity contribution in [1.29, 1.82) is 0 Å². The van der Waals surface area contributed by atoms with Crippen LogP contribution in [-0.2, 0) is 16.1 Å². The summed E-state index contributed by atoms with van der Waals surface area (Å²) in [5.74, 6) is 1.63. The number of para-hydroxylation sites is 1. The van der Waals surface area contributed by atoms with Crippen molar-refractivity contribution in [1.82, 2.24) is 5.32 Å². The van der Waals surface area contributed by atoms with Crippen LogP contribution in [0.4, 0.5) is 0 Å². The van der Waals surface area contributed by atoms with Crippen molar-refractivity contribution >= 4 is 11.9 Å². The van der Waals surface area contributed by atoms with Crippen LogP contribution in [0.2, 0.25) is 0 Å². The first kappa shape index (κ1) is 21.9. The summed E-state index contributed by atoms with van der Waals surface area (Å²) in [6.45, 7) is 0.994. The third-order valence-corrected chi connectivity index (χ3v) is 5.76. The Hall–Kier alpha value is -2.76. The molecule has 1 aliphatic carbocycles. The lowest BCUT2D eigenvalue weighted by Crippen LogP contribution is -2.32. The van der Waals surface area contributed by atoms with E-state index >= 15 is 0 Å². The second kappa shape index (κ2) is 11.4. The maximum absolute atomic E-state index is 12.6. The summed E-state index contributed by atoms with van der Waals surface area (Å²) in [5, 5.41) is 11.7. The molecule has 1 saturated carbocycles. The molecular weight excluding hydrogens is 382 g/mol. The van der Waals surface area contributed by atoms with Crippen molar-refractivity contribution in [2.75, 3.05) is 6.61 Å². The second-order valence-corrected chi connectivity index (χ2v) is 7.94. The fraction of sp³-hybridized carbons (Fsp3) is 0.500. The zero-order chi connectivity index (χ0) is 21.2. The number of carboxylic acids is 1. The van der Waals surface area contributed by atoms with Crippen molar-refractivity contribution in [3.05, 3.63) is 54.0 Å². The van der Waals surface area contributed by atoms with Crippen LogP contribution in [-0.4, -0.2) is 23.6 Å². The van der Waals surface area contributed by atoms with Crippen LogP contribution in [0.15, 0.2) is 47.1 Å². The van der Waals surface area contributed by atoms with Gasteiger partial charge in [-0.1, -0.05) is 18.2 Å². The second-order valence-electron chi connectivity index (χ2n) is 7.94. The van der Waals surface area contributed by atoms with Gasteiger partial charge in [-0.3, -0.25) is 9.59 Å². The molecule has 6 heteroatoms. The third kappa shape index (κ3) is 6.65. The van der Waals surface area contributed by atoms with Crippen LogP contribution in [0, 0.1) is 5.92 Å². The molecule has 1 fully saturated rings. The van der Waals surface area contributed by atoms with Crippen molar-refractivity contribution < 1.29 is 23.8 Å². The highest BCUT2D eigenvalue weighted by Gasteiger charge is 2.28. The minimum Gasteiger partial charge on any atom is -0.493 e. The molecule has 3 rings (SSSR count). The van der Waals surface area contributed by atoms with Gasteiger partial charge in [0, 0.05) is 30.4 Å². The SMILES string of the molecule is O=C(O)CCCCCOc1ccccc1CNC(=O)C1CCC(c2ccco2)CC1. The first-order valence-electron chi connectivity index (χ1n) is 10.9. The number of rotatable bonds is 11. The van der Waals surface area contributed by atoms with E-state index in [1.54, 1.807) is 6.26 Å². The Balaban J connectivity index is 1.40. The molecule has 1 aromatic heterocycles. The summed E-state index contributed by atoms with van der Waals surface area (Å²) < 4.78 is 11.4. The lowest BCUT2D eigenvalue weighted by Gasteiger charge is -2.26. The first-order chi connectivity index (χ1) is 14.6. The Kier molecular flexibility index (Phi) is 8.36. The van der Waals surface area contributed by atoms with Crippen molar-refractivity contribution in [3.8, 4) is 5.75 Å². The standard InChI is InChI=1S/C24H31NO5/c26-23(27)10-2-1-5-15-29-22-8-4-3-7-20(22)17-25-24(28)19-13-11-18(12-14-19)21-9-6-16-30-21/h3-4,6-9,16,18-19H,1-2,5,10-15,17H2,(H,25,28)(H,26,27). The van der Waals surface area contributed by atoms with Crippen LogP contribution < -0.4 is 10.1 Å². The average Bonchev–Trinajstić information content (AvgIpc) is 3.30. The summed E-state index contributed by atoms with van der Waals surface area (Å²) in [7, 11) is 0. The molecule has 0 atom stereocenters. The third-order valence-electron chi connectivity index (χ3n) is 5.76. The molecule has 6 nitrogen and oxygen atoms in total. The lowest BCUT2D eigenvalue weighted by atomic mass is 9.80. The van der Waals surface area contributed by atoms with Crippen LogP contribution in [0.3, 0.4) is 0 Å². The van der Waals surface area contributed by atoms with E-state index in [9.17, 15) is 9.59 Å². The van der Waals surface area contributed by atoms with E-state index in [4.69, 9.17) is 14.3 Å². The largest absolute Gasteiger partial charge is 0.493 e.